The van der Waals surface area contributed by atoms with E-state index in [1.807, 2.05) is 6.07 Å². The third-order valence-electron chi connectivity index (χ3n) is 7.20. The van der Waals surface area contributed by atoms with Gasteiger partial charge in [-0.15, -0.1) is 11.3 Å². The highest BCUT2D eigenvalue weighted by Crippen LogP contribution is 2.27. The van der Waals surface area contributed by atoms with E-state index in [0.29, 0.717) is 4.88 Å². The van der Waals surface area contributed by atoms with Crippen LogP contribution in [0.5, 0.6) is 0 Å². The Balaban J connectivity index is 1.11. The van der Waals surface area contributed by atoms with Crippen LogP contribution < -0.4 is 10.8 Å². The number of likely N-dealkylation sites (tertiary alicyclic amines) is 1. The number of fused-ring (bicyclic) bond motifs is 1. The van der Waals surface area contributed by atoms with Crippen LogP contribution in [0.25, 0.3) is 10.1 Å². The number of ether oxygens (including phenoxy) is 1. The molecule has 1 aromatic heterocycles. The SMILES string of the molecule is O=C(NO)c1cc2ccc(CNCc3ccc(CN4CCCC4C(=O)OC4CCCC4)cc3)cc2s1. The topological polar surface area (TPSA) is 90.9 Å². The summed E-state index contributed by atoms with van der Waals surface area (Å²) < 4.78 is 6.81. The van der Waals surface area contributed by atoms with E-state index >= 15 is 0 Å². The number of rotatable bonds is 9. The van der Waals surface area contributed by atoms with Gasteiger partial charge in [-0.2, -0.15) is 0 Å². The zero-order chi connectivity index (χ0) is 24.9. The molecule has 2 heterocycles. The standard InChI is InChI=1S/C28H33N3O4S/c32-27(30-34)26-15-22-12-11-21(14-25(22)36-26)17-29-16-19-7-9-20(10-8-19)18-31-13-3-6-24(31)28(33)35-23-4-1-2-5-23/h7-12,14-15,23-24,29,34H,1-6,13,16-18H2,(H,30,32). The summed E-state index contributed by atoms with van der Waals surface area (Å²) in [7, 11) is 0. The van der Waals surface area contributed by atoms with Gasteiger partial charge in [0, 0.05) is 24.3 Å². The predicted molar refractivity (Wildman–Crippen MR) is 140 cm³/mol. The van der Waals surface area contributed by atoms with Gasteiger partial charge in [0.2, 0.25) is 0 Å². The molecular weight excluding hydrogens is 474 g/mol. The Morgan fingerprint density at radius 3 is 2.44 bits per heavy atom. The van der Waals surface area contributed by atoms with Crippen LogP contribution in [0.4, 0.5) is 0 Å². The van der Waals surface area contributed by atoms with Crippen LogP contribution in [-0.4, -0.2) is 40.7 Å². The molecule has 36 heavy (non-hydrogen) atoms. The van der Waals surface area contributed by atoms with Gasteiger partial charge in [-0.25, -0.2) is 5.48 Å². The molecule has 1 aliphatic carbocycles. The quantitative estimate of drug-likeness (QED) is 0.220. The van der Waals surface area contributed by atoms with Crippen molar-refractivity contribution in [2.45, 2.75) is 70.3 Å². The molecule has 8 heteroatoms. The minimum atomic E-state index is -0.483. The maximum atomic E-state index is 12.7. The van der Waals surface area contributed by atoms with Gasteiger partial charge in [-0.1, -0.05) is 36.4 Å². The Kier molecular flexibility index (Phi) is 7.96. The van der Waals surface area contributed by atoms with Gasteiger partial charge < -0.3 is 10.1 Å². The van der Waals surface area contributed by atoms with Crippen molar-refractivity contribution >= 4 is 33.3 Å². The first-order valence-electron chi connectivity index (χ1n) is 12.8. The van der Waals surface area contributed by atoms with E-state index in [9.17, 15) is 9.59 Å². The lowest BCUT2D eigenvalue weighted by atomic mass is 10.1. The minimum absolute atomic E-state index is 0.0335. The van der Waals surface area contributed by atoms with Gasteiger partial charge >= 0.3 is 5.97 Å². The van der Waals surface area contributed by atoms with Gasteiger partial charge in [0.25, 0.3) is 5.91 Å². The summed E-state index contributed by atoms with van der Waals surface area (Å²) in [6.45, 7) is 3.18. The fourth-order valence-corrected chi connectivity index (χ4v) is 6.25. The van der Waals surface area contributed by atoms with E-state index in [2.05, 4.69) is 46.6 Å². The highest BCUT2D eigenvalue weighted by molar-refractivity contribution is 7.20. The second-order valence-corrected chi connectivity index (χ2v) is 10.9. The summed E-state index contributed by atoms with van der Waals surface area (Å²) in [6.07, 6.45) is 6.43. The maximum Gasteiger partial charge on any atom is 0.323 e. The van der Waals surface area contributed by atoms with Crippen molar-refractivity contribution < 1.29 is 19.5 Å². The summed E-state index contributed by atoms with van der Waals surface area (Å²) in [5.74, 6) is -0.516. The normalized spacial score (nSPS) is 18.6. The number of thiophene rings is 1. The Labute approximate surface area is 215 Å². The van der Waals surface area contributed by atoms with E-state index in [1.165, 1.54) is 35.3 Å². The number of hydroxylamine groups is 1. The first-order valence-corrected chi connectivity index (χ1v) is 13.6. The summed E-state index contributed by atoms with van der Waals surface area (Å²) >= 11 is 1.37. The number of benzene rings is 2. The number of carbonyl (C=O) groups is 2. The lowest BCUT2D eigenvalue weighted by molar-refractivity contribution is -0.154. The van der Waals surface area contributed by atoms with Crippen molar-refractivity contribution in [3.63, 3.8) is 0 Å². The van der Waals surface area contributed by atoms with E-state index in [-0.39, 0.29) is 18.1 Å². The molecule has 1 saturated heterocycles. The molecular formula is C28H33N3O4S. The fraction of sp³-hybridized carbons (Fsp3) is 0.429. The third-order valence-corrected chi connectivity index (χ3v) is 8.29. The number of nitrogens with one attached hydrogen (secondary N) is 2. The van der Waals surface area contributed by atoms with Crippen LogP contribution in [0.3, 0.4) is 0 Å². The van der Waals surface area contributed by atoms with E-state index < -0.39 is 5.91 Å². The molecule has 0 spiro atoms. The van der Waals surface area contributed by atoms with Crippen molar-refractivity contribution in [3.05, 3.63) is 70.1 Å². The lowest BCUT2D eigenvalue weighted by Gasteiger charge is -2.24. The van der Waals surface area contributed by atoms with Gasteiger partial charge in [-0.3, -0.25) is 19.7 Å². The average molecular weight is 508 g/mol. The van der Waals surface area contributed by atoms with E-state index in [0.717, 1.165) is 67.5 Å². The zero-order valence-electron chi connectivity index (χ0n) is 20.4. The Morgan fingerprint density at radius 2 is 1.67 bits per heavy atom. The molecule has 1 amide bonds. The second kappa shape index (κ2) is 11.5. The van der Waals surface area contributed by atoms with Crippen LogP contribution in [0.15, 0.2) is 48.5 Å². The van der Waals surface area contributed by atoms with Crippen LogP contribution in [-0.2, 0) is 29.2 Å². The molecule has 190 valence electrons. The van der Waals surface area contributed by atoms with E-state index in [1.54, 1.807) is 11.5 Å². The first-order chi connectivity index (χ1) is 17.6. The fourth-order valence-electron chi connectivity index (χ4n) is 5.23. The van der Waals surface area contributed by atoms with Crippen molar-refractivity contribution in [2.75, 3.05) is 6.54 Å². The monoisotopic (exact) mass is 507 g/mol. The van der Waals surface area contributed by atoms with Gasteiger partial charge in [0.1, 0.15) is 12.1 Å². The summed E-state index contributed by atoms with van der Waals surface area (Å²) in [6, 6.07) is 16.4. The Morgan fingerprint density at radius 1 is 0.944 bits per heavy atom. The largest absolute Gasteiger partial charge is 0.461 e. The lowest BCUT2D eigenvalue weighted by Crippen LogP contribution is -2.38. The van der Waals surface area contributed by atoms with Crippen molar-refractivity contribution in [2.24, 2.45) is 0 Å². The molecule has 1 aliphatic heterocycles. The third kappa shape index (κ3) is 5.95. The highest BCUT2D eigenvalue weighted by atomic mass is 32.1. The van der Waals surface area contributed by atoms with Gasteiger partial charge in [-0.05, 0) is 79.3 Å². The van der Waals surface area contributed by atoms with Gasteiger partial charge in [0.15, 0.2) is 0 Å². The minimum Gasteiger partial charge on any atom is -0.461 e. The molecule has 1 unspecified atom stereocenters. The average Bonchev–Trinajstić information content (AvgIpc) is 3.65. The number of esters is 1. The molecule has 2 fully saturated rings. The van der Waals surface area contributed by atoms with Crippen LogP contribution >= 0.6 is 11.3 Å². The molecule has 5 rings (SSSR count). The number of carbonyl (C=O) groups excluding carboxylic acids is 2. The Bertz CT molecular complexity index is 1200. The van der Waals surface area contributed by atoms with Crippen molar-refractivity contribution in [3.8, 4) is 0 Å². The predicted octanol–water partition coefficient (Wildman–Crippen LogP) is 4.76. The summed E-state index contributed by atoms with van der Waals surface area (Å²) in [5.41, 5.74) is 5.25. The maximum absolute atomic E-state index is 12.7. The molecule has 1 saturated carbocycles. The first kappa shape index (κ1) is 24.9. The molecule has 2 aromatic carbocycles. The molecule has 7 nitrogen and oxygen atoms in total. The number of amides is 1. The Hall–Kier alpha value is -2.78. The number of nitrogens with zero attached hydrogens (tertiary/aromatic N) is 1. The van der Waals surface area contributed by atoms with Crippen LogP contribution in [0.1, 0.15) is 64.9 Å². The van der Waals surface area contributed by atoms with Crippen molar-refractivity contribution in [1.82, 2.24) is 15.7 Å². The molecule has 3 N–H and O–H groups in total. The smallest absolute Gasteiger partial charge is 0.323 e. The van der Waals surface area contributed by atoms with Crippen LogP contribution in [0, 0.1) is 0 Å². The molecule has 2 aliphatic rings. The highest BCUT2D eigenvalue weighted by Gasteiger charge is 2.33. The van der Waals surface area contributed by atoms with Crippen molar-refractivity contribution in [1.29, 1.82) is 0 Å². The zero-order valence-corrected chi connectivity index (χ0v) is 21.2. The number of hydrogen-bond acceptors (Lipinski definition) is 7. The molecule has 1 atom stereocenters. The molecule has 0 bridgehead atoms. The van der Waals surface area contributed by atoms with Gasteiger partial charge in [0.05, 0.1) is 4.88 Å². The number of hydrogen-bond donors (Lipinski definition) is 3. The van der Waals surface area contributed by atoms with E-state index in [4.69, 9.17) is 9.94 Å². The summed E-state index contributed by atoms with van der Waals surface area (Å²) in [4.78, 5) is 27.1. The molecule has 0 radical (unpaired) electrons. The molecule has 3 aromatic rings. The second-order valence-electron chi connectivity index (χ2n) is 9.82. The summed E-state index contributed by atoms with van der Waals surface area (Å²) in [5, 5.41) is 13.3. The van der Waals surface area contributed by atoms with Crippen LogP contribution in [0.2, 0.25) is 0 Å².